The maximum atomic E-state index is 13.5. The van der Waals surface area contributed by atoms with Gasteiger partial charge in [0.25, 0.3) is 5.91 Å². The van der Waals surface area contributed by atoms with E-state index in [9.17, 15) is 13.6 Å². The molecule has 6 heteroatoms. The molecule has 0 fully saturated rings. The number of rotatable bonds is 3. The first-order valence-corrected chi connectivity index (χ1v) is 5.66. The predicted molar refractivity (Wildman–Crippen MR) is 65.4 cm³/mol. The van der Waals surface area contributed by atoms with E-state index in [-0.39, 0.29) is 12.1 Å². The van der Waals surface area contributed by atoms with Gasteiger partial charge in [0, 0.05) is 26.5 Å². The maximum absolute atomic E-state index is 13.5. The van der Waals surface area contributed by atoms with Crippen LogP contribution in [-0.2, 0) is 13.6 Å². The zero-order valence-electron chi connectivity index (χ0n) is 10.6. The normalized spacial score (nSPS) is 10.5. The first-order chi connectivity index (χ1) is 9.00. The van der Waals surface area contributed by atoms with Gasteiger partial charge < -0.3 is 9.47 Å². The molecule has 0 aliphatic heterocycles. The van der Waals surface area contributed by atoms with Crippen LogP contribution in [0.1, 0.15) is 16.2 Å². The Morgan fingerprint density at radius 1 is 1.42 bits per heavy atom. The van der Waals surface area contributed by atoms with Crippen LogP contribution in [0.4, 0.5) is 8.78 Å². The number of aryl methyl sites for hydroxylation is 1. The Morgan fingerprint density at radius 2 is 2.16 bits per heavy atom. The Bertz CT molecular complexity index is 610. The Morgan fingerprint density at radius 3 is 2.79 bits per heavy atom. The topological polar surface area (TPSA) is 38.1 Å². The van der Waals surface area contributed by atoms with E-state index in [2.05, 4.69) is 4.98 Å². The highest BCUT2D eigenvalue weighted by molar-refractivity contribution is 5.94. The zero-order chi connectivity index (χ0) is 14.0. The van der Waals surface area contributed by atoms with Gasteiger partial charge in [-0.25, -0.2) is 13.8 Å². The summed E-state index contributed by atoms with van der Waals surface area (Å²) >= 11 is 0. The molecular formula is C13H13F2N3O. The van der Waals surface area contributed by atoms with Crippen LogP contribution in [0.5, 0.6) is 0 Å². The summed E-state index contributed by atoms with van der Waals surface area (Å²) in [5.41, 5.74) is -0.281. The Labute approximate surface area is 109 Å². The highest BCUT2D eigenvalue weighted by Crippen LogP contribution is 2.14. The van der Waals surface area contributed by atoms with E-state index in [1.807, 2.05) is 0 Å². The molecule has 0 unspecified atom stereocenters. The van der Waals surface area contributed by atoms with Gasteiger partial charge in [-0.15, -0.1) is 0 Å². The summed E-state index contributed by atoms with van der Waals surface area (Å²) in [6.07, 6.45) is 3.35. The lowest BCUT2D eigenvalue weighted by molar-refractivity contribution is 0.0774. The van der Waals surface area contributed by atoms with Crippen molar-refractivity contribution in [2.45, 2.75) is 6.54 Å². The molecule has 4 nitrogen and oxygen atoms in total. The fraction of sp³-hybridized carbons (Fsp3) is 0.231. The lowest BCUT2D eigenvalue weighted by Gasteiger charge is -2.17. The van der Waals surface area contributed by atoms with Crippen molar-refractivity contribution in [3.8, 4) is 0 Å². The first kappa shape index (κ1) is 13.2. The molecule has 0 N–H and O–H groups in total. The third kappa shape index (κ3) is 2.62. The van der Waals surface area contributed by atoms with Crippen molar-refractivity contribution < 1.29 is 13.6 Å². The summed E-state index contributed by atoms with van der Waals surface area (Å²) in [4.78, 5) is 17.4. The van der Waals surface area contributed by atoms with Crippen LogP contribution in [0.2, 0.25) is 0 Å². The molecule has 0 aliphatic rings. The number of hydrogen-bond acceptors (Lipinski definition) is 2. The number of imidazole rings is 1. The van der Waals surface area contributed by atoms with Gasteiger partial charge in [-0.1, -0.05) is 6.07 Å². The molecule has 2 aromatic rings. The average Bonchev–Trinajstić information content (AvgIpc) is 2.77. The standard InChI is InChI=1S/C13H13F2N3O/c1-17-7-6-16-11(17)8-18(2)13(19)9-4-3-5-10(14)12(9)15/h3-7H,8H2,1-2H3. The molecule has 1 amide bonds. The number of carbonyl (C=O) groups is 1. The third-order valence-corrected chi connectivity index (χ3v) is 2.83. The van der Waals surface area contributed by atoms with Crippen LogP contribution in [0.15, 0.2) is 30.6 Å². The third-order valence-electron chi connectivity index (χ3n) is 2.83. The summed E-state index contributed by atoms with van der Waals surface area (Å²) in [5.74, 6) is -2.08. The van der Waals surface area contributed by atoms with Crippen molar-refractivity contribution in [1.82, 2.24) is 14.5 Å². The van der Waals surface area contributed by atoms with E-state index < -0.39 is 17.5 Å². The van der Waals surface area contributed by atoms with Crippen LogP contribution >= 0.6 is 0 Å². The van der Waals surface area contributed by atoms with Crippen LogP contribution in [-0.4, -0.2) is 27.4 Å². The second-order valence-electron chi connectivity index (χ2n) is 4.22. The largest absolute Gasteiger partial charge is 0.337 e. The van der Waals surface area contributed by atoms with Gasteiger partial charge >= 0.3 is 0 Å². The van der Waals surface area contributed by atoms with Crippen molar-refractivity contribution in [2.24, 2.45) is 7.05 Å². The van der Waals surface area contributed by atoms with E-state index >= 15 is 0 Å². The van der Waals surface area contributed by atoms with Gasteiger partial charge in [0.15, 0.2) is 11.6 Å². The minimum absolute atomic E-state index is 0.221. The molecule has 0 atom stereocenters. The monoisotopic (exact) mass is 265 g/mol. The second-order valence-corrected chi connectivity index (χ2v) is 4.22. The number of benzene rings is 1. The summed E-state index contributed by atoms with van der Waals surface area (Å²) in [6, 6.07) is 3.54. The number of hydrogen-bond donors (Lipinski definition) is 0. The van der Waals surface area contributed by atoms with Gasteiger partial charge in [0.1, 0.15) is 5.82 Å². The number of halogens is 2. The number of aromatic nitrogens is 2. The molecule has 0 aliphatic carbocycles. The van der Waals surface area contributed by atoms with Crippen molar-refractivity contribution in [1.29, 1.82) is 0 Å². The van der Waals surface area contributed by atoms with Gasteiger partial charge in [-0.05, 0) is 12.1 Å². The second kappa shape index (κ2) is 5.17. The first-order valence-electron chi connectivity index (χ1n) is 5.66. The summed E-state index contributed by atoms with van der Waals surface area (Å²) in [5, 5.41) is 0. The maximum Gasteiger partial charge on any atom is 0.257 e. The lowest BCUT2D eigenvalue weighted by Crippen LogP contribution is -2.28. The van der Waals surface area contributed by atoms with E-state index in [0.29, 0.717) is 5.82 Å². The van der Waals surface area contributed by atoms with Crippen LogP contribution in [0, 0.1) is 11.6 Å². The highest BCUT2D eigenvalue weighted by atomic mass is 19.2. The number of nitrogens with zero attached hydrogens (tertiary/aromatic N) is 3. The van der Waals surface area contributed by atoms with Crippen molar-refractivity contribution >= 4 is 5.91 Å². The number of carbonyl (C=O) groups excluding carboxylic acids is 1. The van der Waals surface area contributed by atoms with E-state index in [1.165, 1.54) is 24.1 Å². The van der Waals surface area contributed by atoms with Gasteiger partial charge in [-0.2, -0.15) is 0 Å². The molecule has 0 radical (unpaired) electrons. The molecule has 100 valence electrons. The zero-order valence-corrected chi connectivity index (χ0v) is 10.6. The minimum Gasteiger partial charge on any atom is -0.337 e. The molecule has 0 bridgehead atoms. The molecule has 0 spiro atoms. The lowest BCUT2D eigenvalue weighted by atomic mass is 10.2. The Balaban J connectivity index is 2.20. The van der Waals surface area contributed by atoms with Crippen LogP contribution in [0.25, 0.3) is 0 Å². The van der Waals surface area contributed by atoms with E-state index in [4.69, 9.17) is 0 Å². The minimum atomic E-state index is -1.13. The fourth-order valence-electron chi connectivity index (χ4n) is 1.71. The molecule has 1 aromatic heterocycles. The average molecular weight is 265 g/mol. The molecule has 2 rings (SSSR count). The van der Waals surface area contributed by atoms with Gasteiger partial charge in [0.2, 0.25) is 0 Å². The molecule has 0 saturated carbocycles. The van der Waals surface area contributed by atoms with Gasteiger partial charge in [0.05, 0.1) is 12.1 Å². The van der Waals surface area contributed by atoms with E-state index in [0.717, 1.165) is 6.07 Å². The van der Waals surface area contributed by atoms with Crippen molar-refractivity contribution in [2.75, 3.05) is 7.05 Å². The Hall–Kier alpha value is -2.24. The smallest absolute Gasteiger partial charge is 0.257 e. The van der Waals surface area contributed by atoms with E-state index in [1.54, 1.807) is 24.0 Å². The molecular weight excluding hydrogens is 252 g/mol. The summed E-state index contributed by atoms with van der Waals surface area (Å²) in [6.45, 7) is 0.221. The summed E-state index contributed by atoms with van der Waals surface area (Å²) < 4.78 is 28.4. The van der Waals surface area contributed by atoms with Gasteiger partial charge in [-0.3, -0.25) is 4.79 Å². The predicted octanol–water partition coefficient (Wildman–Crippen LogP) is 1.97. The molecule has 19 heavy (non-hydrogen) atoms. The SMILES string of the molecule is CN(Cc1nccn1C)C(=O)c1cccc(F)c1F. The van der Waals surface area contributed by atoms with Crippen LogP contribution < -0.4 is 0 Å². The number of amides is 1. The fourth-order valence-corrected chi connectivity index (χ4v) is 1.71. The summed E-state index contributed by atoms with van der Waals surface area (Å²) in [7, 11) is 3.31. The van der Waals surface area contributed by atoms with Crippen molar-refractivity contribution in [3.05, 3.63) is 53.6 Å². The van der Waals surface area contributed by atoms with Crippen LogP contribution in [0.3, 0.4) is 0 Å². The quantitative estimate of drug-likeness (QED) is 0.851. The molecule has 1 heterocycles. The highest BCUT2D eigenvalue weighted by Gasteiger charge is 2.19. The molecule has 0 saturated heterocycles. The Kier molecular flexibility index (Phi) is 3.59. The van der Waals surface area contributed by atoms with Crippen molar-refractivity contribution in [3.63, 3.8) is 0 Å². The molecule has 1 aromatic carbocycles.